The Kier molecular flexibility index (Phi) is 2.53. The lowest BCUT2D eigenvalue weighted by Gasteiger charge is -2.35. The molecule has 0 aliphatic carbocycles. The Bertz CT molecular complexity index is 443. The molecule has 3 aliphatic heterocycles. The third-order valence-electron chi connectivity index (χ3n) is 5.04. The molecule has 0 saturated carbocycles. The first-order chi connectivity index (χ1) is 8.77. The van der Waals surface area contributed by atoms with Gasteiger partial charge in [-0.2, -0.15) is 0 Å². The minimum atomic E-state index is -0.893. The van der Waals surface area contributed by atoms with Crippen LogP contribution in [0.25, 0.3) is 0 Å². The lowest BCUT2D eigenvalue weighted by Crippen LogP contribution is -2.45. The zero-order valence-corrected chi connectivity index (χ0v) is 11.5. The number of carbonyl (C=O) groups excluding carboxylic acids is 1. The van der Waals surface area contributed by atoms with E-state index in [1.54, 1.807) is 13.8 Å². The molecule has 0 aromatic heterocycles. The van der Waals surface area contributed by atoms with Crippen LogP contribution in [0.2, 0.25) is 0 Å². The number of hydrogen-bond donors (Lipinski definition) is 1. The molecule has 3 heterocycles. The Morgan fingerprint density at radius 2 is 2.21 bits per heavy atom. The monoisotopic (exact) mass is 268 g/mol. The van der Waals surface area contributed by atoms with E-state index in [2.05, 4.69) is 0 Å². The van der Waals surface area contributed by atoms with Gasteiger partial charge in [-0.1, -0.05) is 0 Å². The Morgan fingerprint density at radius 1 is 1.53 bits per heavy atom. The van der Waals surface area contributed by atoms with Crippen molar-refractivity contribution in [3.63, 3.8) is 0 Å². The first kappa shape index (κ1) is 12.9. The highest BCUT2D eigenvalue weighted by Crippen LogP contribution is 2.59. The van der Waals surface area contributed by atoms with Crippen LogP contribution in [0, 0.1) is 17.3 Å². The number of aliphatic carboxylic acids is 1. The van der Waals surface area contributed by atoms with Gasteiger partial charge in [-0.3, -0.25) is 9.59 Å². The van der Waals surface area contributed by atoms with Crippen LogP contribution in [0.4, 0.5) is 0 Å². The number of esters is 1. The van der Waals surface area contributed by atoms with Crippen LogP contribution in [0.1, 0.15) is 40.0 Å². The van der Waals surface area contributed by atoms with Gasteiger partial charge in [0.1, 0.15) is 6.10 Å². The molecule has 0 spiro atoms. The van der Waals surface area contributed by atoms with E-state index in [9.17, 15) is 14.7 Å². The van der Waals surface area contributed by atoms with Crippen LogP contribution in [0.5, 0.6) is 0 Å². The smallest absolute Gasteiger partial charge is 0.312 e. The summed E-state index contributed by atoms with van der Waals surface area (Å²) in [6, 6.07) is 0. The quantitative estimate of drug-likeness (QED) is 0.787. The second-order valence-electron chi connectivity index (χ2n) is 6.82. The zero-order chi connectivity index (χ0) is 14.0. The molecular weight excluding hydrogens is 248 g/mol. The first-order valence-corrected chi connectivity index (χ1v) is 6.89. The Labute approximate surface area is 112 Å². The number of fused-ring (bicyclic) bond motifs is 5. The number of hydrogen-bond acceptors (Lipinski definition) is 4. The topological polar surface area (TPSA) is 72.8 Å². The van der Waals surface area contributed by atoms with Crippen LogP contribution in [0.15, 0.2) is 0 Å². The SMILES string of the molecule is CC1OC(=O)[C@@H]2[C@H]1[C@H]1CC[C@]2(CC(C)(C)C(=O)O)O1. The summed E-state index contributed by atoms with van der Waals surface area (Å²) >= 11 is 0. The molecule has 3 rings (SSSR count). The predicted molar refractivity (Wildman–Crippen MR) is 65.4 cm³/mol. The van der Waals surface area contributed by atoms with Crippen molar-refractivity contribution in [3.05, 3.63) is 0 Å². The van der Waals surface area contributed by atoms with Crippen molar-refractivity contribution in [2.45, 2.75) is 57.8 Å². The highest BCUT2D eigenvalue weighted by atomic mass is 16.6. The summed E-state index contributed by atoms with van der Waals surface area (Å²) in [6.45, 7) is 5.29. The molecule has 0 aromatic carbocycles. The summed E-state index contributed by atoms with van der Waals surface area (Å²) in [5.41, 5.74) is -1.52. The van der Waals surface area contributed by atoms with Gasteiger partial charge in [-0.25, -0.2) is 0 Å². The van der Waals surface area contributed by atoms with E-state index in [1.807, 2.05) is 6.92 Å². The van der Waals surface area contributed by atoms with Crippen molar-refractivity contribution in [1.29, 1.82) is 0 Å². The average Bonchev–Trinajstić information content (AvgIpc) is 2.89. The third kappa shape index (κ3) is 1.64. The highest BCUT2D eigenvalue weighted by molar-refractivity contribution is 5.79. The Hall–Kier alpha value is -1.10. The van der Waals surface area contributed by atoms with Crippen molar-refractivity contribution in [2.24, 2.45) is 17.3 Å². The third-order valence-corrected chi connectivity index (χ3v) is 5.04. The minimum absolute atomic E-state index is 0.0519. The number of carbonyl (C=O) groups is 2. The lowest BCUT2D eigenvalue weighted by molar-refractivity contribution is -0.159. The molecule has 0 amide bonds. The van der Waals surface area contributed by atoms with E-state index in [0.29, 0.717) is 6.42 Å². The Balaban J connectivity index is 1.92. The summed E-state index contributed by atoms with van der Waals surface area (Å²) in [5, 5.41) is 9.31. The van der Waals surface area contributed by atoms with E-state index >= 15 is 0 Å². The number of cyclic esters (lactones) is 1. The molecule has 5 heteroatoms. The molecule has 0 radical (unpaired) electrons. The molecule has 3 saturated heterocycles. The van der Waals surface area contributed by atoms with Crippen molar-refractivity contribution < 1.29 is 24.2 Å². The maximum absolute atomic E-state index is 12.1. The van der Waals surface area contributed by atoms with Gasteiger partial charge < -0.3 is 14.6 Å². The van der Waals surface area contributed by atoms with Crippen molar-refractivity contribution in [3.8, 4) is 0 Å². The molecule has 19 heavy (non-hydrogen) atoms. The summed E-state index contributed by atoms with van der Waals surface area (Å²) in [7, 11) is 0. The molecule has 1 N–H and O–H groups in total. The Morgan fingerprint density at radius 3 is 2.84 bits per heavy atom. The minimum Gasteiger partial charge on any atom is -0.481 e. The summed E-state index contributed by atoms with van der Waals surface area (Å²) in [5.74, 6) is -1.23. The van der Waals surface area contributed by atoms with E-state index < -0.39 is 17.0 Å². The summed E-state index contributed by atoms with van der Waals surface area (Å²) in [4.78, 5) is 23.4. The molecule has 3 fully saturated rings. The molecule has 1 unspecified atom stereocenters. The van der Waals surface area contributed by atoms with Crippen molar-refractivity contribution >= 4 is 11.9 Å². The summed E-state index contributed by atoms with van der Waals surface area (Å²) < 4.78 is 11.4. The molecular formula is C14H20O5. The predicted octanol–water partition coefficient (Wildman–Crippen LogP) is 1.60. The zero-order valence-electron chi connectivity index (χ0n) is 11.5. The van der Waals surface area contributed by atoms with Gasteiger partial charge in [-0.05, 0) is 40.0 Å². The van der Waals surface area contributed by atoms with Gasteiger partial charge in [-0.15, -0.1) is 0 Å². The molecule has 0 aromatic rings. The fourth-order valence-electron chi connectivity index (χ4n) is 4.22. The van der Waals surface area contributed by atoms with Crippen LogP contribution >= 0.6 is 0 Å². The van der Waals surface area contributed by atoms with Crippen LogP contribution in [0.3, 0.4) is 0 Å². The van der Waals surface area contributed by atoms with E-state index in [-0.39, 0.29) is 30.0 Å². The molecule has 3 aliphatic rings. The van der Waals surface area contributed by atoms with Crippen molar-refractivity contribution in [1.82, 2.24) is 0 Å². The number of carboxylic acid groups (broad SMARTS) is 1. The molecule has 2 bridgehead atoms. The average molecular weight is 268 g/mol. The maximum Gasteiger partial charge on any atom is 0.312 e. The lowest BCUT2D eigenvalue weighted by atomic mass is 9.66. The highest BCUT2D eigenvalue weighted by Gasteiger charge is 2.68. The number of ether oxygens (including phenoxy) is 2. The van der Waals surface area contributed by atoms with Gasteiger partial charge in [0.25, 0.3) is 0 Å². The standard InChI is InChI=1S/C14H20O5/c1-7-9-8-4-5-14(19-8,10(9)11(15)18-7)6-13(2,3)12(16)17/h7-10H,4-6H2,1-3H3,(H,16,17)/t7?,8-,9-,10+,14-/m1/s1. The van der Waals surface area contributed by atoms with E-state index in [1.165, 1.54) is 0 Å². The summed E-state index contributed by atoms with van der Waals surface area (Å²) in [6.07, 6.45) is 1.97. The van der Waals surface area contributed by atoms with E-state index in [4.69, 9.17) is 9.47 Å². The van der Waals surface area contributed by atoms with Gasteiger partial charge >= 0.3 is 11.9 Å². The first-order valence-electron chi connectivity index (χ1n) is 6.89. The van der Waals surface area contributed by atoms with Crippen LogP contribution in [-0.2, 0) is 19.1 Å². The molecule has 106 valence electrons. The number of rotatable bonds is 3. The van der Waals surface area contributed by atoms with Crippen molar-refractivity contribution in [2.75, 3.05) is 0 Å². The second-order valence-corrected chi connectivity index (χ2v) is 6.82. The fraction of sp³-hybridized carbons (Fsp3) is 0.857. The van der Waals surface area contributed by atoms with Gasteiger partial charge in [0.15, 0.2) is 0 Å². The maximum atomic E-state index is 12.1. The fourth-order valence-corrected chi connectivity index (χ4v) is 4.22. The van der Waals surface area contributed by atoms with Gasteiger partial charge in [0.2, 0.25) is 0 Å². The molecule has 5 nitrogen and oxygen atoms in total. The normalized spacial score (nSPS) is 44.3. The van der Waals surface area contributed by atoms with E-state index in [0.717, 1.165) is 12.8 Å². The largest absolute Gasteiger partial charge is 0.481 e. The second kappa shape index (κ2) is 3.72. The van der Waals surface area contributed by atoms with Crippen LogP contribution in [-0.4, -0.2) is 34.9 Å². The van der Waals surface area contributed by atoms with Gasteiger partial charge in [0.05, 0.1) is 23.0 Å². The molecule has 5 atom stereocenters. The number of carboxylic acids is 1. The van der Waals surface area contributed by atoms with Gasteiger partial charge in [0, 0.05) is 5.92 Å². The van der Waals surface area contributed by atoms with Crippen LogP contribution < -0.4 is 0 Å².